The molecule has 0 aliphatic carbocycles. The first-order chi connectivity index (χ1) is 13.6. The first-order valence-electron chi connectivity index (χ1n) is 8.84. The SMILES string of the molecule is O=S(=O)(Cc1ccccc1)c1ccc2[nH]cc(-c3nc4ccccc4o3)c2c1. The molecule has 6 heteroatoms. The molecule has 0 spiro atoms. The van der Waals surface area contributed by atoms with E-state index in [0.717, 1.165) is 27.5 Å². The second-order valence-electron chi connectivity index (χ2n) is 6.64. The van der Waals surface area contributed by atoms with E-state index in [4.69, 9.17) is 4.42 Å². The molecule has 0 aliphatic rings. The van der Waals surface area contributed by atoms with Gasteiger partial charge in [-0.1, -0.05) is 42.5 Å². The Balaban J connectivity index is 1.60. The summed E-state index contributed by atoms with van der Waals surface area (Å²) >= 11 is 0. The van der Waals surface area contributed by atoms with Gasteiger partial charge in [-0.15, -0.1) is 0 Å². The van der Waals surface area contributed by atoms with Gasteiger partial charge in [0.1, 0.15) is 5.52 Å². The number of H-pyrrole nitrogens is 1. The highest BCUT2D eigenvalue weighted by Gasteiger charge is 2.19. The van der Waals surface area contributed by atoms with Crippen molar-refractivity contribution in [1.82, 2.24) is 9.97 Å². The van der Waals surface area contributed by atoms with Gasteiger partial charge in [-0.3, -0.25) is 0 Å². The highest BCUT2D eigenvalue weighted by molar-refractivity contribution is 7.90. The van der Waals surface area contributed by atoms with Crippen LogP contribution in [0.2, 0.25) is 0 Å². The first kappa shape index (κ1) is 16.8. The van der Waals surface area contributed by atoms with Crippen LogP contribution in [-0.4, -0.2) is 18.4 Å². The number of rotatable bonds is 4. The normalized spacial score (nSPS) is 12.0. The van der Waals surface area contributed by atoms with Gasteiger partial charge in [0.15, 0.2) is 15.4 Å². The molecular formula is C22H16N2O3S. The van der Waals surface area contributed by atoms with E-state index in [2.05, 4.69) is 9.97 Å². The van der Waals surface area contributed by atoms with Crippen LogP contribution < -0.4 is 0 Å². The lowest BCUT2D eigenvalue weighted by atomic mass is 10.2. The van der Waals surface area contributed by atoms with E-state index in [1.165, 1.54) is 0 Å². The summed E-state index contributed by atoms with van der Waals surface area (Å²) in [5, 5.41) is 0.765. The minimum Gasteiger partial charge on any atom is -0.436 e. The molecule has 2 aromatic heterocycles. The van der Waals surface area contributed by atoms with Gasteiger partial charge in [0.05, 0.1) is 16.2 Å². The molecule has 0 radical (unpaired) electrons. The molecule has 0 aliphatic heterocycles. The van der Waals surface area contributed by atoms with Gasteiger partial charge < -0.3 is 9.40 Å². The molecule has 0 atom stereocenters. The number of nitrogens with one attached hydrogen (secondary N) is 1. The van der Waals surface area contributed by atoms with Crippen molar-refractivity contribution in [2.45, 2.75) is 10.6 Å². The van der Waals surface area contributed by atoms with E-state index in [9.17, 15) is 8.42 Å². The summed E-state index contributed by atoms with van der Waals surface area (Å²) in [5.74, 6) is 0.423. The van der Waals surface area contributed by atoms with Crippen molar-refractivity contribution >= 4 is 31.8 Å². The number of hydrogen-bond acceptors (Lipinski definition) is 4. The topological polar surface area (TPSA) is 76.0 Å². The lowest BCUT2D eigenvalue weighted by molar-refractivity contribution is 0.595. The molecule has 3 aromatic carbocycles. The van der Waals surface area contributed by atoms with Crippen molar-refractivity contribution in [2.75, 3.05) is 0 Å². The number of aromatic nitrogens is 2. The summed E-state index contributed by atoms with van der Waals surface area (Å²) < 4.78 is 31.7. The Morgan fingerprint density at radius 3 is 2.54 bits per heavy atom. The van der Waals surface area contributed by atoms with E-state index < -0.39 is 9.84 Å². The van der Waals surface area contributed by atoms with E-state index in [1.54, 1.807) is 24.4 Å². The molecule has 1 N–H and O–H groups in total. The van der Waals surface area contributed by atoms with Gasteiger partial charge >= 0.3 is 0 Å². The fraction of sp³-hybridized carbons (Fsp3) is 0.0455. The van der Waals surface area contributed by atoms with Crippen molar-refractivity contribution in [3.05, 3.63) is 84.6 Å². The van der Waals surface area contributed by atoms with Crippen LogP contribution >= 0.6 is 0 Å². The summed E-state index contributed by atoms with van der Waals surface area (Å²) in [7, 11) is -3.47. The van der Waals surface area contributed by atoms with Crippen LogP contribution in [0.25, 0.3) is 33.5 Å². The van der Waals surface area contributed by atoms with Crippen molar-refractivity contribution in [2.24, 2.45) is 0 Å². The molecular weight excluding hydrogens is 372 g/mol. The minimum atomic E-state index is -3.47. The Labute approximate surface area is 161 Å². The molecule has 0 saturated carbocycles. The molecule has 28 heavy (non-hydrogen) atoms. The van der Waals surface area contributed by atoms with Crippen molar-refractivity contribution in [1.29, 1.82) is 0 Å². The van der Waals surface area contributed by atoms with E-state index in [1.807, 2.05) is 54.6 Å². The number of para-hydroxylation sites is 2. The molecule has 0 saturated heterocycles. The van der Waals surface area contributed by atoms with Crippen molar-refractivity contribution in [3.8, 4) is 11.5 Å². The Morgan fingerprint density at radius 1 is 0.929 bits per heavy atom. The molecule has 138 valence electrons. The smallest absolute Gasteiger partial charge is 0.229 e. The second kappa shape index (κ2) is 6.35. The van der Waals surface area contributed by atoms with Crippen LogP contribution in [-0.2, 0) is 15.6 Å². The second-order valence-corrected chi connectivity index (χ2v) is 8.63. The molecule has 0 fully saturated rings. The van der Waals surface area contributed by atoms with E-state index in [-0.39, 0.29) is 10.6 Å². The van der Waals surface area contributed by atoms with Gasteiger partial charge in [0, 0.05) is 17.1 Å². The summed E-state index contributed by atoms with van der Waals surface area (Å²) in [5.41, 5.74) is 3.79. The summed E-state index contributed by atoms with van der Waals surface area (Å²) in [6.45, 7) is 0. The van der Waals surface area contributed by atoms with Crippen LogP contribution in [0.5, 0.6) is 0 Å². The van der Waals surface area contributed by atoms with Gasteiger partial charge in [0.25, 0.3) is 0 Å². The Bertz CT molecular complexity index is 1370. The Morgan fingerprint density at radius 2 is 1.71 bits per heavy atom. The summed E-state index contributed by atoms with van der Waals surface area (Å²) in [4.78, 5) is 7.97. The van der Waals surface area contributed by atoms with Crippen molar-refractivity contribution < 1.29 is 12.8 Å². The lowest BCUT2D eigenvalue weighted by Crippen LogP contribution is -2.04. The average Bonchev–Trinajstić information content (AvgIpc) is 3.31. The third-order valence-electron chi connectivity index (χ3n) is 4.74. The summed E-state index contributed by atoms with van der Waals surface area (Å²) in [6, 6.07) is 21.8. The zero-order chi connectivity index (χ0) is 19.1. The molecule has 0 unspecified atom stereocenters. The molecule has 0 amide bonds. The predicted octanol–water partition coefficient (Wildman–Crippen LogP) is 4.95. The third kappa shape index (κ3) is 2.88. The fourth-order valence-electron chi connectivity index (χ4n) is 3.33. The number of sulfone groups is 1. The fourth-order valence-corrected chi connectivity index (χ4v) is 4.71. The third-order valence-corrected chi connectivity index (χ3v) is 6.42. The van der Waals surface area contributed by atoms with Crippen LogP contribution in [0.15, 0.2) is 88.3 Å². The Kier molecular flexibility index (Phi) is 3.80. The molecule has 0 bridgehead atoms. The largest absolute Gasteiger partial charge is 0.436 e. The number of fused-ring (bicyclic) bond motifs is 2. The number of hydrogen-bond donors (Lipinski definition) is 1. The quantitative estimate of drug-likeness (QED) is 0.473. The van der Waals surface area contributed by atoms with Crippen LogP contribution in [0.3, 0.4) is 0 Å². The molecule has 5 nitrogen and oxygen atoms in total. The highest BCUT2D eigenvalue weighted by atomic mass is 32.2. The zero-order valence-electron chi connectivity index (χ0n) is 14.8. The number of oxazole rings is 1. The Hall–Kier alpha value is -3.38. The molecule has 5 rings (SSSR count). The predicted molar refractivity (Wildman–Crippen MR) is 109 cm³/mol. The van der Waals surface area contributed by atoms with Crippen LogP contribution in [0.4, 0.5) is 0 Å². The summed E-state index contributed by atoms with van der Waals surface area (Å²) in [6.07, 6.45) is 1.79. The van der Waals surface area contributed by atoms with Gasteiger partial charge in [0.2, 0.25) is 5.89 Å². The highest BCUT2D eigenvalue weighted by Crippen LogP contribution is 2.32. The first-order valence-corrected chi connectivity index (χ1v) is 10.5. The van der Waals surface area contributed by atoms with Gasteiger partial charge in [-0.05, 0) is 35.9 Å². The average molecular weight is 388 g/mol. The maximum atomic E-state index is 12.9. The standard InChI is InChI=1S/C22H16N2O3S/c25-28(26,14-15-6-2-1-3-7-15)16-10-11-19-17(12-16)18(13-23-19)22-24-20-8-4-5-9-21(20)27-22/h1-13,23H,14H2. The monoisotopic (exact) mass is 388 g/mol. The van der Waals surface area contributed by atoms with E-state index >= 15 is 0 Å². The number of nitrogens with zero attached hydrogens (tertiary/aromatic N) is 1. The molecule has 5 aromatic rings. The maximum Gasteiger partial charge on any atom is 0.229 e. The van der Waals surface area contributed by atoms with Crippen LogP contribution in [0, 0.1) is 0 Å². The number of benzene rings is 3. The van der Waals surface area contributed by atoms with E-state index in [0.29, 0.717) is 11.5 Å². The molecule has 2 heterocycles. The van der Waals surface area contributed by atoms with Crippen molar-refractivity contribution in [3.63, 3.8) is 0 Å². The van der Waals surface area contributed by atoms with Gasteiger partial charge in [-0.2, -0.15) is 0 Å². The zero-order valence-corrected chi connectivity index (χ0v) is 15.6. The minimum absolute atomic E-state index is 0.0397. The maximum absolute atomic E-state index is 12.9. The van der Waals surface area contributed by atoms with Gasteiger partial charge in [-0.25, -0.2) is 13.4 Å². The number of aromatic amines is 1. The lowest BCUT2D eigenvalue weighted by Gasteiger charge is -2.05. The van der Waals surface area contributed by atoms with Crippen LogP contribution in [0.1, 0.15) is 5.56 Å².